The van der Waals surface area contributed by atoms with Crippen LogP contribution in [-0.2, 0) is 0 Å². The van der Waals surface area contributed by atoms with Crippen molar-refractivity contribution in [2.24, 2.45) is 0 Å². The minimum Gasteiger partial charge on any atom is -0.370 e. The summed E-state index contributed by atoms with van der Waals surface area (Å²) in [6, 6.07) is 5.60. The van der Waals surface area contributed by atoms with Gasteiger partial charge in [-0.25, -0.2) is 4.98 Å². The highest BCUT2D eigenvalue weighted by atomic mass is 16.2. The quantitative estimate of drug-likeness (QED) is 0.910. The Bertz CT molecular complexity index is 412. The minimum absolute atomic E-state index is 0.0710. The van der Waals surface area contributed by atoms with Gasteiger partial charge in [0.05, 0.1) is 0 Å². The first-order valence-corrected chi connectivity index (χ1v) is 7.31. The molecule has 1 aliphatic rings. The Kier molecular flexibility index (Phi) is 5.19. The fourth-order valence-electron chi connectivity index (χ4n) is 2.45. The summed E-state index contributed by atoms with van der Waals surface area (Å²) in [5.74, 6) is 0.849. The molecule has 19 heavy (non-hydrogen) atoms. The summed E-state index contributed by atoms with van der Waals surface area (Å²) in [5.41, 5.74) is 0.555. The number of carbonyl (C=O) groups excluding carboxylic acids is 1. The van der Waals surface area contributed by atoms with Crippen LogP contribution in [0.2, 0.25) is 0 Å². The van der Waals surface area contributed by atoms with Gasteiger partial charge in [0.15, 0.2) is 0 Å². The number of rotatable bonds is 3. The average molecular weight is 261 g/mol. The van der Waals surface area contributed by atoms with Crippen LogP contribution in [-0.4, -0.2) is 35.4 Å². The molecule has 1 aliphatic heterocycles. The Morgan fingerprint density at radius 1 is 1.21 bits per heavy atom. The van der Waals surface area contributed by atoms with E-state index in [1.165, 1.54) is 19.3 Å². The number of hydrogen-bond donors (Lipinski definition) is 1. The Morgan fingerprint density at radius 3 is 2.58 bits per heavy atom. The lowest BCUT2D eigenvalue weighted by Crippen LogP contribution is -2.34. The topological polar surface area (TPSA) is 45.2 Å². The molecule has 0 unspecified atom stereocenters. The van der Waals surface area contributed by atoms with Crippen molar-refractivity contribution in [3.8, 4) is 0 Å². The molecule has 1 saturated heterocycles. The molecule has 0 aromatic carbocycles. The number of pyridine rings is 1. The summed E-state index contributed by atoms with van der Waals surface area (Å²) in [7, 11) is 0. The molecule has 104 valence electrons. The summed E-state index contributed by atoms with van der Waals surface area (Å²) in [6.07, 6.45) is 5.98. The molecule has 0 atom stereocenters. The smallest absolute Gasteiger partial charge is 0.272 e. The summed E-state index contributed by atoms with van der Waals surface area (Å²) < 4.78 is 0. The molecule has 1 fully saturated rings. The highest BCUT2D eigenvalue weighted by Gasteiger charge is 2.17. The predicted octanol–water partition coefficient (Wildman–Crippen LogP) is 2.92. The van der Waals surface area contributed by atoms with Gasteiger partial charge in [-0.2, -0.15) is 0 Å². The molecule has 0 spiro atoms. The van der Waals surface area contributed by atoms with Gasteiger partial charge in [-0.15, -0.1) is 0 Å². The van der Waals surface area contributed by atoms with E-state index in [-0.39, 0.29) is 5.91 Å². The normalized spacial score (nSPS) is 16.6. The molecular weight excluding hydrogens is 238 g/mol. The predicted molar refractivity (Wildman–Crippen MR) is 77.4 cm³/mol. The van der Waals surface area contributed by atoms with Crippen LogP contribution >= 0.6 is 0 Å². The van der Waals surface area contributed by atoms with Gasteiger partial charge in [0.1, 0.15) is 11.5 Å². The van der Waals surface area contributed by atoms with Crippen molar-refractivity contribution in [3.05, 3.63) is 23.9 Å². The Morgan fingerprint density at radius 2 is 1.89 bits per heavy atom. The first kappa shape index (κ1) is 13.8. The van der Waals surface area contributed by atoms with E-state index in [0.717, 1.165) is 38.3 Å². The third-order valence-electron chi connectivity index (χ3n) is 3.47. The minimum atomic E-state index is 0.0710. The van der Waals surface area contributed by atoms with Crippen molar-refractivity contribution < 1.29 is 4.79 Å². The van der Waals surface area contributed by atoms with Crippen LogP contribution in [0.3, 0.4) is 0 Å². The first-order chi connectivity index (χ1) is 9.31. The number of likely N-dealkylation sites (tertiary alicyclic amines) is 1. The lowest BCUT2D eigenvalue weighted by atomic mass is 10.1. The van der Waals surface area contributed by atoms with Crippen molar-refractivity contribution >= 4 is 11.7 Å². The molecule has 1 aromatic heterocycles. The number of nitrogens with one attached hydrogen (secondary N) is 1. The standard InChI is InChI=1S/C15H23N3O/c1-2-16-14-10-8-9-13(17-14)15(19)18-11-6-4-3-5-7-12-18/h8-10H,2-7,11-12H2,1H3,(H,16,17). The number of anilines is 1. The maximum atomic E-state index is 12.5. The van der Waals surface area contributed by atoms with Gasteiger partial charge in [-0.3, -0.25) is 4.79 Å². The van der Waals surface area contributed by atoms with E-state index < -0.39 is 0 Å². The zero-order valence-electron chi connectivity index (χ0n) is 11.7. The van der Waals surface area contributed by atoms with Gasteiger partial charge < -0.3 is 10.2 Å². The first-order valence-electron chi connectivity index (χ1n) is 7.31. The van der Waals surface area contributed by atoms with E-state index in [1.54, 1.807) is 0 Å². The number of nitrogens with zero attached hydrogens (tertiary/aromatic N) is 2. The summed E-state index contributed by atoms with van der Waals surface area (Å²) >= 11 is 0. The van der Waals surface area contributed by atoms with Gasteiger partial charge in [-0.05, 0) is 31.9 Å². The third-order valence-corrected chi connectivity index (χ3v) is 3.47. The maximum Gasteiger partial charge on any atom is 0.272 e. The maximum absolute atomic E-state index is 12.5. The van der Waals surface area contributed by atoms with Crippen molar-refractivity contribution in [1.29, 1.82) is 0 Å². The van der Waals surface area contributed by atoms with E-state index >= 15 is 0 Å². The van der Waals surface area contributed by atoms with Gasteiger partial charge in [0.25, 0.3) is 5.91 Å². The van der Waals surface area contributed by atoms with E-state index in [2.05, 4.69) is 10.3 Å². The van der Waals surface area contributed by atoms with Crippen LogP contribution in [0.25, 0.3) is 0 Å². The molecule has 1 amide bonds. The molecular formula is C15H23N3O. The van der Waals surface area contributed by atoms with Gasteiger partial charge in [0.2, 0.25) is 0 Å². The van der Waals surface area contributed by atoms with E-state index in [9.17, 15) is 4.79 Å². The van der Waals surface area contributed by atoms with Crippen LogP contribution in [0.4, 0.5) is 5.82 Å². The lowest BCUT2D eigenvalue weighted by molar-refractivity contribution is 0.0736. The Hall–Kier alpha value is -1.58. The Labute approximate surface area is 115 Å². The van der Waals surface area contributed by atoms with Crippen molar-refractivity contribution in [2.45, 2.75) is 39.0 Å². The summed E-state index contributed by atoms with van der Waals surface area (Å²) in [6.45, 7) is 4.57. The molecule has 4 heteroatoms. The second-order valence-corrected chi connectivity index (χ2v) is 5.00. The van der Waals surface area contributed by atoms with Crippen molar-refractivity contribution in [2.75, 3.05) is 25.0 Å². The highest BCUT2D eigenvalue weighted by molar-refractivity contribution is 5.92. The van der Waals surface area contributed by atoms with Crippen LogP contribution in [0, 0.1) is 0 Å². The zero-order valence-corrected chi connectivity index (χ0v) is 11.7. The molecule has 1 aromatic rings. The van der Waals surface area contributed by atoms with Crippen molar-refractivity contribution in [3.63, 3.8) is 0 Å². The molecule has 1 N–H and O–H groups in total. The van der Waals surface area contributed by atoms with Gasteiger partial charge >= 0.3 is 0 Å². The van der Waals surface area contributed by atoms with Crippen LogP contribution in [0.5, 0.6) is 0 Å². The van der Waals surface area contributed by atoms with Crippen LogP contribution < -0.4 is 5.32 Å². The second-order valence-electron chi connectivity index (χ2n) is 5.00. The molecule has 2 heterocycles. The largest absolute Gasteiger partial charge is 0.370 e. The monoisotopic (exact) mass is 261 g/mol. The zero-order chi connectivity index (χ0) is 13.5. The number of amides is 1. The fourth-order valence-corrected chi connectivity index (χ4v) is 2.45. The van der Waals surface area contributed by atoms with Crippen molar-refractivity contribution in [1.82, 2.24) is 9.88 Å². The number of aromatic nitrogens is 1. The lowest BCUT2D eigenvalue weighted by Gasteiger charge is -2.24. The van der Waals surface area contributed by atoms with Gasteiger partial charge in [0, 0.05) is 19.6 Å². The Balaban J connectivity index is 2.06. The SMILES string of the molecule is CCNc1cccc(C(=O)N2CCCCCCC2)n1. The van der Waals surface area contributed by atoms with Crippen LogP contribution in [0.15, 0.2) is 18.2 Å². The fraction of sp³-hybridized carbons (Fsp3) is 0.600. The number of carbonyl (C=O) groups is 1. The summed E-state index contributed by atoms with van der Waals surface area (Å²) in [5, 5.41) is 3.15. The van der Waals surface area contributed by atoms with E-state index in [1.807, 2.05) is 30.0 Å². The molecule has 0 saturated carbocycles. The van der Waals surface area contributed by atoms with E-state index in [4.69, 9.17) is 0 Å². The molecule has 4 nitrogen and oxygen atoms in total. The van der Waals surface area contributed by atoms with E-state index in [0.29, 0.717) is 5.69 Å². The summed E-state index contributed by atoms with van der Waals surface area (Å²) in [4.78, 5) is 18.8. The highest BCUT2D eigenvalue weighted by Crippen LogP contribution is 2.13. The molecule has 2 rings (SSSR count). The molecule has 0 radical (unpaired) electrons. The van der Waals surface area contributed by atoms with Crippen LogP contribution in [0.1, 0.15) is 49.5 Å². The third kappa shape index (κ3) is 3.94. The second kappa shape index (κ2) is 7.12. The van der Waals surface area contributed by atoms with Gasteiger partial charge in [-0.1, -0.05) is 25.3 Å². The average Bonchev–Trinajstić information content (AvgIpc) is 2.38. The molecule has 0 bridgehead atoms. The number of hydrogen-bond acceptors (Lipinski definition) is 3. The molecule has 0 aliphatic carbocycles.